The molecule has 1 aromatic carbocycles. The van der Waals surface area contributed by atoms with Crippen molar-refractivity contribution in [1.29, 1.82) is 0 Å². The van der Waals surface area contributed by atoms with Gasteiger partial charge in [0.05, 0.1) is 13.2 Å². The second kappa shape index (κ2) is 8.37. The van der Waals surface area contributed by atoms with Gasteiger partial charge in [-0.15, -0.1) is 0 Å². The van der Waals surface area contributed by atoms with Gasteiger partial charge < -0.3 is 14.9 Å². The van der Waals surface area contributed by atoms with Crippen LogP contribution < -0.4 is 0 Å². The van der Waals surface area contributed by atoms with Crippen molar-refractivity contribution in [2.24, 2.45) is 5.41 Å². The van der Waals surface area contributed by atoms with Crippen LogP contribution in [0.2, 0.25) is 5.02 Å². The molecule has 1 amide bonds. The summed E-state index contributed by atoms with van der Waals surface area (Å²) in [5, 5.41) is 19.1. The lowest BCUT2D eigenvalue weighted by molar-refractivity contribution is -0.133. The van der Waals surface area contributed by atoms with Gasteiger partial charge in [0.25, 0.3) is 0 Å². The number of nitrogens with zero attached hydrogens (tertiary/aromatic N) is 1. The van der Waals surface area contributed by atoms with Gasteiger partial charge in [-0.3, -0.25) is 9.69 Å². The summed E-state index contributed by atoms with van der Waals surface area (Å²) in [7, 11) is 1.53. The molecular formula is C19H26ClNO5. The Morgan fingerprint density at radius 1 is 1.31 bits per heavy atom. The molecule has 1 saturated carbocycles. The monoisotopic (exact) mass is 383 g/mol. The Hall–Kier alpha value is -1.63. The van der Waals surface area contributed by atoms with E-state index in [2.05, 4.69) is 0 Å². The molecule has 1 fully saturated rings. The van der Waals surface area contributed by atoms with Gasteiger partial charge in [0.15, 0.2) is 5.78 Å². The van der Waals surface area contributed by atoms with Crippen LogP contribution >= 0.6 is 11.6 Å². The van der Waals surface area contributed by atoms with Crippen molar-refractivity contribution in [3.8, 4) is 0 Å². The summed E-state index contributed by atoms with van der Waals surface area (Å²) >= 11 is 6.36. The summed E-state index contributed by atoms with van der Waals surface area (Å²) in [6.07, 6.45) is 1.72. The zero-order valence-electron chi connectivity index (χ0n) is 15.2. The number of hydrogen-bond donors (Lipinski definition) is 2. The van der Waals surface area contributed by atoms with Crippen molar-refractivity contribution in [2.45, 2.75) is 38.1 Å². The number of ether oxygens (including phenoxy) is 1. The fourth-order valence-corrected chi connectivity index (χ4v) is 3.55. The standard InChI is InChI=1S/C19H26ClNO5/c1-18(11-22,12-23)13-26-17(25)21(2)19(10-6-5-9-16(19)24)14-7-3-4-8-15(14)20/h3-4,7-8,22-23H,5-6,9-13H2,1-2H3/t19-/m0/s1. The van der Waals surface area contributed by atoms with E-state index in [1.165, 1.54) is 11.9 Å². The largest absolute Gasteiger partial charge is 0.449 e. The molecule has 0 radical (unpaired) electrons. The Labute approximate surface area is 158 Å². The molecule has 0 bridgehead atoms. The van der Waals surface area contributed by atoms with Gasteiger partial charge >= 0.3 is 6.09 Å². The molecule has 0 spiro atoms. The fourth-order valence-electron chi connectivity index (χ4n) is 3.26. The minimum absolute atomic E-state index is 0.0663. The zero-order chi connectivity index (χ0) is 19.4. The minimum atomic E-state index is -1.16. The van der Waals surface area contributed by atoms with Crippen LogP contribution in [0, 0.1) is 5.41 Å². The highest BCUT2D eigenvalue weighted by molar-refractivity contribution is 6.31. The molecule has 26 heavy (non-hydrogen) atoms. The first kappa shape index (κ1) is 20.7. The molecule has 1 aliphatic carbocycles. The van der Waals surface area contributed by atoms with Crippen LogP contribution in [0.1, 0.15) is 38.2 Å². The first-order valence-corrected chi connectivity index (χ1v) is 9.09. The normalized spacial score (nSPS) is 20.7. The number of carbonyl (C=O) groups excluding carboxylic acids is 2. The number of rotatable bonds is 6. The van der Waals surface area contributed by atoms with Gasteiger partial charge in [-0.1, -0.05) is 36.7 Å². The molecule has 144 valence electrons. The maximum atomic E-state index is 12.9. The Kier molecular flexibility index (Phi) is 6.66. The Balaban J connectivity index is 2.33. The van der Waals surface area contributed by atoms with E-state index in [4.69, 9.17) is 16.3 Å². The van der Waals surface area contributed by atoms with Crippen LogP contribution in [-0.4, -0.2) is 53.9 Å². The van der Waals surface area contributed by atoms with Gasteiger partial charge in [0, 0.05) is 29.5 Å². The number of aliphatic hydroxyl groups excluding tert-OH is 2. The van der Waals surface area contributed by atoms with Crippen LogP contribution in [0.15, 0.2) is 24.3 Å². The van der Waals surface area contributed by atoms with Crippen molar-refractivity contribution in [3.63, 3.8) is 0 Å². The van der Waals surface area contributed by atoms with Crippen molar-refractivity contribution >= 4 is 23.5 Å². The van der Waals surface area contributed by atoms with E-state index < -0.39 is 17.0 Å². The highest BCUT2D eigenvalue weighted by Crippen LogP contribution is 2.42. The predicted octanol–water partition coefficient (Wildman–Crippen LogP) is 2.74. The second-order valence-electron chi connectivity index (χ2n) is 7.21. The molecule has 1 aromatic rings. The Morgan fingerprint density at radius 2 is 1.96 bits per heavy atom. The zero-order valence-corrected chi connectivity index (χ0v) is 16.0. The SMILES string of the molecule is CN(C(=O)OCC(C)(CO)CO)[C@]1(c2ccccc2Cl)CCCCC1=O. The number of halogens is 1. The quantitative estimate of drug-likeness (QED) is 0.788. The molecule has 6 nitrogen and oxygen atoms in total. The molecule has 2 rings (SSSR count). The van der Waals surface area contributed by atoms with E-state index in [-0.39, 0.29) is 25.6 Å². The van der Waals surface area contributed by atoms with E-state index >= 15 is 0 Å². The number of likely N-dealkylation sites (N-methyl/N-ethyl adjacent to an activating group) is 1. The van der Waals surface area contributed by atoms with Crippen LogP contribution in [-0.2, 0) is 15.1 Å². The third-order valence-electron chi connectivity index (χ3n) is 5.13. The van der Waals surface area contributed by atoms with E-state index in [9.17, 15) is 19.8 Å². The Morgan fingerprint density at radius 3 is 2.54 bits per heavy atom. The van der Waals surface area contributed by atoms with Crippen LogP contribution in [0.25, 0.3) is 0 Å². The maximum Gasteiger partial charge on any atom is 0.410 e. The third kappa shape index (κ3) is 3.87. The minimum Gasteiger partial charge on any atom is -0.449 e. The summed E-state index contributed by atoms with van der Waals surface area (Å²) < 4.78 is 5.31. The molecule has 1 aliphatic rings. The third-order valence-corrected chi connectivity index (χ3v) is 5.46. The Bertz CT molecular complexity index is 661. The molecule has 0 saturated heterocycles. The molecular weight excluding hydrogens is 358 g/mol. The van der Waals surface area contributed by atoms with Gasteiger partial charge in [-0.05, 0) is 25.3 Å². The van der Waals surface area contributed by atoms with Crippen LogP contribution in [0.4, 0.5) is 4.79 Å². The number of amides is 1. The molecule has 0 heterocycles. The smallest absolute Gasteiger partial charge is 0.410 e. The van der Waals surface area contributed by atoms with Crippen molar-refractivity contribution in [2.75, 3.05) is 26.9 Å². The van der Waals surface area contributed by atoms with Crippen LogP contribution in [0.3, 0.4) is 0 Å². The summed E-state index contributed by atoms with van der Waals surface area (Å²) in [5.41, 5.74) is -1.51. The lowest BCUT2D eigenvalue weighted by Gasteiger charge is -2.43. The highest BCUT2D eigenvalue weighted by atomic mass is 35.5. The molecule has 0 unspecified atom stereocenters. The van der Waals surface area contributed by atoms with E-state index in [0.717, 1.165) is 12.8 Å². The molecule has 0 aromatic heterocycles. The van der Waals surface area contributed by atoms with Crippen molar-refractivity contribution in [3.05, 3.63) is 34.9 Å². The number of carbonyl (C=O) groups is 2. The summed E-state index contributed by atoms with van der Waals surface area (Å²) in [6, 6.07) is 7.03. The fraction of sp³-hybridized carbons (Fsp3) is 0.579. The van der Waals surface area contributed by atoms with Gasteiger partial charge in [0.1, 0.15) is 12.1 Å². The topological polar surface area (TPSA) is 87.1 Å². The predicted molar refractivity (Wildman–Crippen MR) is 98.0 cm³/mol. The van der Waals surface area contributed by atoms with E-state index in [1.807, 2.05) is 0 Å². The second-order valence-corrected chi connectivity index (χ2v) is 7.62. The summed E-state index contributed by atoms with van der Waals surface area (Å²) in [5.74, 6) is -0.0663. The average molecular weight is 384 g/mol. The average Bonchev–Trinajstić information content (AvgIpc) is 2.66. The lowest BCUT2D eigenvalue weighted by atomic mass is 9.74. The first-order valence-electron chi connectivity index (χ1n) is 8.71. The van der Waals surface area contributed by atoms with E-state index in [0.29, 0.717) is 23.4 Å². The van der Waals surface area contributed by atoms with Gasteiger partial charge in [0.2, 0.25) is 0 Å². The number of Topliss-reactive ketones (excluding diaryl/α,β-unsaturated/α-hetero) is 1. The molecule has 0 aliphatic heterocycles. The molecule has 7 heteroatoms. The van der Waals surface area contributed by atoms with Gasteiger partial charge in [-0.2, -0.15) is 0 Å². The molecule has 1 atom stereocenters. The summed E-state index contributed by atoms with van der Waals surface area (Å²) in [4.78, 5) is 27.0. The number of hydrogen-bond acceptors (Lipinski definition) is 5. The highest BCUT2D eigenvalue weighted by Gasteiger charge is 2.48. The number of ketones is 1. The lowest BCUT2D eigenvalue weighted by Crippen LogP contribution is -2.54. The maximum absolute atomic E-state index is 12.9. The van der Waals surface area contributed by atoms with Crippen LogP contribution in [0.5, 0.6) is 0 Å². The van der Waals surface area contributed by atoms with Crippen molar-refractivity contribution < 1.29 is 24.5 Å². The van der Waals surface area contributed by atoms with Gasteiger partial charge in [-0.25, -0.2) is 4.79 Å². The molecule has 2 N–H and O–H groups in total. The summed E-state index contributed by atoms with van der Waals surface area (Å²) in [6.45, 7) is 0.802. The first-order chi connectivity index (χ1) is 12.3. The number of benzene rings is 1. The van der Waals surface area contributed by atoms with Crippen molar-refractivity contribution in [1.82, 2.24) is 4.90 Å². The van der Waals surface area contributed by atoms with E-state index in [1.54, 1.807) is 31.2 Å². The number of aliphatic hydroxyl groups is 2.